The van der Waals surface area contributed by atoms with Crippen LogP contribution in [0.1, 0.15) is 13.8 Å². The SMILES string of the molecule is CN1CCN(c2c(F)cncc2NC(=O)C(C(N)N)C2NCC(C(C)(C)C#N)CN2)CC1. The molecule has 1 unspecified atom stereocenters. The monoisotopic (exact) mass is 447 g/mol. The minimum absolute atomic E-state index is 0.0673. The summed E-state index contributed by atoms with van der Waals surface area (Å²) in [4.78, 5) is 21.2. The summed E-state index contributed by atoms with van der Waals surface area (Å²) in [6, 6.07) is 2.32. The van der Waals surface area contributed by atoms with Crippen LogP contribution in [0.3, 0.4) is 0 Å². The summed E-state index contributed by atoms with van der Waals surface area (Å²) in [7, 11) is 2.02. The van der Waals surface area contributed by atoms with E-state index in [0.717, 1.165) is 19.3 Å². The lowest BCUT2D eigenvalue weighted by atomic mass is 9.78. The van der Waals surface area contributed by atoms with Crippen molar-refractivity contribution in [1.29, 1.82) is 5.26 Å². The predicted octanol–water partition coefficient (Wildman–Crippen LogP) is -0.544. The van der Waals surface area contributed by atoms with E-state index in [1.165, 1.54) is 6.20 Å². The Morgan fingerprint density at radius 2 is 1.91 bits per heavy atom. The first-order valence-corrected chi connectivity index (χ1v) is 10.9. The molecule has 7 N–H and O–H groups in total. The Bertz CT molecular complexity index is 840. The van der Waals surface area contributed by atoms with Crippen LogP contribution in [0.5, 0.6) is 0 Å². The van der Waals surface area contributed by atoms with Crippen LogP contribution >= 0.6 is 0 Å². The maximum Gasteiger partial charge on any atom is 0.233 e. The van der Waals surface area contributed by atoms with Crippen LogP contribution in [0.4, 0.5) is 15.8 Å². The number of piperazine rings is 1. The lowest BCUT2D eigenvalue weighted by Crippen LogP contribution is -2.65. The van der Waals surface area contributed by atoms with Crippen LogP contribution in [0, 0.1) is 34.4 Å². The molecule has 176 valence electrons. The summed E-state index contributed by atoms with van der Waals surface area (Å²) >= 11 is 0. The molecule has 2 aliphatic heterocycles. The number of nitrogens with zero attached hydrogens (tertiary/aromatic N) is 4. The summed E-state index contributed by atoms with van der Waals surface area (Å²) in [5, 5.41) is 18.7. The predicted molar refractivity (Wildman–Crippen MR) is 121 cm³/mol. The molecule has 1 aromatic rings. The fourth-order valence-electron chi connectivity index (χ4n) is 4.17. The molecular formula is C21H34FN9O. The highest BCUT2D eigenvalue weighted by atomic mass is 19.1. The Hall–Kier alpha value is -2.36. The van der Waals surface area contributed by atoms with E-state index in [4.69, 9.17) is 11.5 Å². The van der Waals surface area contributed by atoms with E-state index in [1.54, 1.807) is 0 Å². The van der Waals surface area contributed by atoms with E-state index in [0.29, 0.717) is 37.6 Å². The number of hydrogen-bond donors (Lipinski definition) is 5. The van der Waals surface area contributed by atoms with Gasteiger partial charge in [0.1, 0.15) is 5.69 Å². The number of nitriles is 1. The zero-order chi connectivity index (χ0) is 23.5. The number of rotatable bonds is 6. The van der Waals surface area contributed by atoms with Crippen molar-refractivity contribution in [2.75, 3.05) is 56.5 Å². The molecule has 0 saturated carbocycles. The van der Waals surface area contributed by atoms with Gasteiger partial charge in [0.25, 0.3) is 0 Å². The molecular weight excluding hydrogens is 413 g/mol. The number of likely N-dealkylation sites (N-methyl/N-ethyl adjacent to an activating group) is 1. The Labute approximate surface area is 188 Å². The van der Waals surface area contributed by atoms with Gasteiger partial charge in [-0.15, -0.1) is 0 Å². The van der Waals surface area contributed by atoms with E-state index in [-0.39, 0.29) is 5.92 Å². The number of nitrogens with one attached hydrogen (secondary N) is 3. The van der Waals surface area contributed by atoms with Crippen molar-refractivity contribution in [3.8, 4) is 6.07 Å². The third kappa shape index (κ3) is 5.33. The molecule has 0 bridgehead atoms. The number of pyridine rings is 1. The van der Waals surface area contributed by atoms with Gasteiger partial charge >= 0.3 is 0 Å². The van der Waals surface area contributed by atoms with Crippen LogP contribution in [0.2, 0.25) is 0 Å². The molecule has 1 amide bonds. The molecule has 0 aromatic carbocycles. The average Bonchev–Trinajstić information content (AvgIpc) is 2.75. The van der Waals surface area contributed by atoms with Crippen LogP contribution in [-0.4, -0.2) is 74.4 Å². The molecule has 32 heavy (non-hydrogen) atoms. The molecule has 2 aliphatic rings. The molecule has 3 heterocycles. The molecule has 1 atom stereocenters. The van der Waals surface area contributed by atoms with Gasteiger partial charge in [-0.3, -0.25) is 9.78 Å². The number of halogens is 1. The summed E-state index contributed by atoms with van der Waals surface area (Å²) < 4.78 is 14.7. The zero-order valence-corrected chi connectivity index (χ0v) is 18.9. The van der Waals surface area contributed by atoms with E-state index in [9.17, 15) is 14.4 Å². The molecule has 2 saturated heterocycles. The Morgan fingerprint density at radius 3 is 2.47 bits per heavy atom. The normalized spacial score (nSPS) is 23.6. The van der Waals surface area contributed by atoms with Gasteiger partial charge in [-0.1, -0.05) is 0 Å². The van der Waals surface area contributed by atoms with Gasteiger partial charge in [0, 0.05) is 45.2 Å². The first-order chi connectivity index (χ1) is 15.1. The quantitative estimate of drug-likeness (QED) is 0.362. The zero-order valence-electron chi connectivity index (χ0n) is 18.9. The number of hydrogen-bond acceptors (Lipinski definition) is 9. The van der Waals surface area contributed by atoms with Crippen LogP contribution in [0.25, 0.3) is 0 Å². The summed E-state index contributed by atoms with van der Waals surface area (Å²) in [6.07, 6.45) is 1.17. The Balaban J connectivity index is 1.74. The fourth-order valence-corrected chi connectivity index (χ4v) is 4.17. The number of anilines is 2. The van der Waals surface area contributed by atoms with Crippen molar-refractivity contribution in [2.24, 2.45) is 28.7 Å². The second-order valence-corrected chi connectivity index (χ2v) is 9.22. The standard InChI is InChI=1S/C21H34FN9O/c1-21(2,12-23)13-8-27-19(28-9-13)16(18(24)25)20(32)29-15-11-26-10-14(22)17(15)31-6-4-30(3)5-7-31/h10-11,13,16,18-19,27-28H,4-9,24-25H2,1-3H3,(H,29,32). The number of nitrogens with two attached hydrogens (primary N) is 2. The largest absolute Gasteiger partial charge is 0.365 e. The number of carbonyl (C=O) groups excluding carboxylic acids is 1. The lowest BCUT2D eigenvalue weighted by molar-refractivity contribution is -0.122. The Kier molecular flexibility index (Phi) is 7.63. The van der Waals surface area contributed by atoms with Crippen molar-refractivity contribution in [3.05, 3.63) is 18.2 Å². The smallest absolute Gasteiger partial charge is 0.233 e. The minimum atomic E-state index is -0.950. The minimum Gasteiger partial charge on any atom is -0.365 e. The summed E-state index contributed by atoms with van der Waals surface area (Å²) in [5.41, 5.74) is 12.1. The van der Waals surface area contributed by atoms with E-state index < -0.39 is 35.4 Å². The lowest BCUT2D eigenvalue weighted by Gasteiger charge is -2.40. The summed E-state index contributed by atoms with van der Waals surface area (Å²) in [6.45, 7) is 7.73. The fraction of sp³-hybridized carbons (Fsp3) is 0.667. The molecule has 10 nitrogen and oxygen atoms in total. The maximum absolute atomic E-state index is 14.7. The van der Waals surface area contributed by atoms with Gasteiger partial charge in [-0.05, 0) is 20.9 Å². The highest BCUT2D eigenvalue weighted by molar-refractivity contribution is 5.96. The van der Waals surface area contributed by atoms with Crippen LogP contribution in [-0.2, 0) is 4.79 Å². The van der Waals surface area contributed by atoms with E-state index in [2.05, 4.69) is 31.9 Å². The third-order valence-corrected chi connectivity index (χ3v) is 6.50. The van der Waals surface area contributed by atoms with Gasteiger partial charge in [0.2, 0.25) is 5.91 Å². The molecule has 0 spiro atoms. The van der Waals surface area contributed by atoms with Gasteiger partial charge in [0.05, 0.1) is 47.8 Å². The van der Waals surface area contributed by atoms with Crippen molar-refractivity contribution < 1.29 is 9.18 Å². The number of aromatic nitrogens is 1. The third-order valence-electron chi connectivity index (χ3n) is 6.50. The van der Waals surface area contributed by atoms with Gasteiger partial charge in [-0.2, -0.15) is 5.26 Å². The van der Waals surface area contributed by atoms with E-state index in [1.807, 2.05) is 25.8 Å². The molecule has 3 rings (SSSR count). The highest BCUT2D eigenvalue weighted by Crippen LogP contribution is 2.30. The van der Waals surface area contributed by atoms with Crippen molar-refractivity contribution in [1.82, 2.24) is 20.5 Å². The molecule has 2 fully saturated rings. The average molecular weight is 448 g/mol. The van der Waals surface area contributed by atoms with E-state index >= 15 is 0 Å². The Morgan fingerprint density at radius 1 is 1.28 bits per heavy atom. The van der Waals surface area contributed by atoms with Gasteiger partial charge in [0.15, 0.2) is 5.82 Å². The van der Waals surface area contributed by atoms with Crippen molar-refractivity contribution in [2.45, 2.75) is 26.2 Å². The van der Waals surface area contributed by atoms with Gasteiger partial charge < -0.3 is 37.2 Å². The maximum atomic E-state index is 14.7. The molecule has 1 aromatic heterocycles. The van der Waals surface area contributed by atoms with Gasteiger partial charge in [-0.25, -0.2) is 4.39 Å². The summed E-state index contributed by atoms with van der Waals surface area (Å²) in [5.74, 6) is -1.66. The second kappa shape index (κ2) is 10.1. The first-order valence-electron chi connectivity index (χ1n) is 10.9. The van der Waals surface area contributed by atoms with Crippen molar-refractivity contribution >= 4 is 17.3 Å². The van der Waals surface area contributed by atoms with Crippen LogP contribution in [0.15, 0.2) is 12.4 Å². The first kappa shape index (κ1) is 24.3. The number of carbonyl (C=O) groups is 1. The molecule has 11 heteroatoms. The molecule has 0 radical (unpaired) electrons. The molecule has 0 aliphatic carbocycles. The van der Waals surface area contributed by atoms with Crippen LogP contribution < -0.4 is 32.3 Å². The highest BCUT2D eigenvalue weighted by Gasteiger charge is 2.39. The second-order valence-electron chi connectivity index (χ2n) is 9.22. The topological polar surface area (TPSA) is 148 Å². The number of amides is 1. The van der Waals surface area contributed by atoms with Crippen molar-refractivity contribution in [3.63, 3.8) is 0 Å².